The lowest BCUT2D eigenvalue weighted by molar-refractivity contribution is -0.385. The minimum atomic E-state index is -0.728. The van der Waals surface area contributed by atoms with Gasteiger partial charge in [0, 0.05) is 0 Å². The standard InChI is InChI=1S/C12H11FN4O3/c1-2-8-11(14)15-6-16-12(8)20-10-4-3-7(13)5-9(10)17(18)19/h3-6H,2H2,1H3,(H2,14,15,16). The van der Waals surface area contributed by atoms with Crippen molar-refractivity contribution >= 4 is 11.5 Å². The predicted octanol–water partition coefficient (Wildman–Crippen LogP) is 2.46. The molecule has 0 saturated carbocycles. The van der Waals surface area contributed by atoms with Gasteiger partial charge in [-0.25, -0.2) is 14.4 Å². The maximum absolute atomic E-state index is 13.1. The number of nitrogen functional groups attached to an aromatic ring is 1. The van der Waals surface area contributed by atoms with E-state index in [-0.39, 0.29) is 17.4 Å². The van der Waals surface area contributed by atoms with Gasteiger partial charge in [0.05, 0.1) is 16.6 Å². The van der Waals surface area contributed by atoms with Crippen molar-refractivity contribution in [2.24, 2.45) is 0 Å². The van der Waals surface area contributed by atoms with Crippen LogP contribution in [-0.4, -0.2) is 14.9 Å². The van der Waals surface area contributed by atoms with E-state index in [9.17, 15) is 14.5 Å². The van der Waals surface area contributed by atoms with Gasteiger partial charge in [-0.2, -0.15) is 0 Å². The average Bonchev–Trinajstić information content (AvgIpc) is 2.41. The van der Waals surface area contributed by atoms with Gasteiger partial charge in [0.15, 0.2) is 0 Å². The van der Waals surface area contributed by atoms with Gasteiger partial charge in [-0.15, -0.1) is 0 Å². The zero-order valence-corrected chi connectivity index (χ0v) is 10.5. The molecule has 104 valence electrons. The normalized spacial score (nSPS) is 10.3. The molecule has 2 N–H and O–H groups in total. The molecule has 0 saturated heterocycles. The molecule has 20 heavy (non-hydrogen) atoms. The van der Waals surface area contributed by atoms with E-state index in [1.807, 2.05) is 6.92 Å². The van der Waals surface area contributed by atoms with E-state index in [2.05, 4.69) is 9.97 Å². The molecule has 0 atom stereocenters. The summed E-state index contributed by atoms with van der Waals surface area (Å²) in [5, 5.41) is 10.9. The molecule has 0 aliphatic carbocycles. The molecule has 2 rings (SSSR count). The van der Waals surface area contributed by atoms with Crippen molar-refractivity contribution < 1.29 is 14.1 Å². The molecule has 0 spiro atoms. The van der Waals surface area contributed by atoms with Crippen LogP contribution in [0.25, 0.3) is 0 Å². The Morgan fingerprint density at radius 3 is 2.85 bits per heavy atom. The first-order valence-corrected chi connectivity index (χ1v) is 5.74. The fourth-order valence-electron chi connectivity index (χ4n) is 1.65. The van der Waals surface area contributed by atoms with Gasteiger partial charge in [0.2, 0.25) is 11.6 Å². The maximum Gasteiger partial charge on any atom is 0.314 e. The minimum Gasteiger partial charge on any atom is -0.431 e. The summed E-state index contributed by atoms with van der Waals surface area (Å²) in [4.78, 5) is 17.9. The summed E-state index contributed by atoms with van der Waals surface area (Å²) < 4.78 is 18.4. The number of nitro groups is 1. The Morgan fingerprint density at radius 2 is 2.20 bits per heavy atom. The second kappa shape index (κ2) is 5.47. The molecule has 1 heterocycles. The summed E-state index contributed by atoms with van der Waals surface area (Å²) in [6.45, 7) is 1.82. The van der Waals surface area contributed by atoms with Crippen LogP contribution in [0.4, 0.5) is 15.9 Å². The molecule has 0 radical (unpaired) electrons. The summed E-state index contributed by atoms with van der Waals surface area (Å²) in [6, 6.07) is 3.02. The maximum atomic E-state index is 13.1. The van der Waals surface area contributed by atoms with Crippen LogP contribution >= 0.6 is 0 Å². The number of hydrogen-bond donors (Lipinski definition) is 1. The highest BCUT2D eigenvalue weighted by Crippen LogP contribution is 2.33. The van der Waals surface area contributed by atoms with Crippen LogP contribution in [0.2, 0.25) is 0 Å². The second-order valence-electron chi connectivity index (χ2n) is 3.87. The van der Waals surface area contributed by atoms with Crippen LogP contribution < -0.4 is 10.5 Å². The van der Waals surface area contributed by atoms with Crippen molar-refractivity contribution in [3.8, 4) is 11.6 Å². The van der Waals surface area contributed by atoms with Gasteiger partial charge in [-0.1, -0.05) is 6.92 Å². The van der Waals surface area contributed by atoms with E-state index < -0.39 is 16.4 Å². The Hall–Kier alpha value is -2.77. The number of nitro benzene ring substituents is 1. The Balaban J connectivity index is 2.45. The number of halogens is 1. The van der Waals surface area contributed by atoms with E-state index in [1.54, 1.807) is 0 Å². The van der Waals surface area contributed by atoms with Crippen LogP contribution in [0.15, 0.2) is 24.5 Å². The first-order valence-electron chi connectivity index (χ1n) is 5.74. The molecule has 8 heteroatoms. The fourth-order valence-corrected chi connectivity index (χ4v) is 1.65. The van der Waals surface area contributed by atoms with Crippen molar-refractivity contribution in [3.05, 3.63) is 46.0 Å². The van der Waals surface area contributed by atoms with Crippen molar-refractivity contribution in [2.45, 2.75) is 13.3 Å². The monoisotopic (exact) mass is 278 g/mol. The zero-order valence-electron chi connectivity index (χ0n) is 10.5. The van der Waals surface area contributed by atoms with Gasteiger partial charge in [0.1, 0.15) is 18.0 Å². The quantitative estimate of drug-likeness (QED) is 0.680. The second-order valence-corrected chi connectivity index (χ2v) is 3.87. The highest BCUT2D eigenvalue weighted by molar-refractivity contribution is 5.51. The van der Waals surface area contributed by atoms with E-state index >= 15 is 0 Å². The molecule has 1 aromatic carbocycles. The van der Waals surface area contributed by atoms with Crippen molar-refractivity contribution in [1.82, 2.24) is 9.97 Å². The summed E-state index contributed by atoms with van der Waals surface area (Å²) in [5.74, 6) is -0.469. The molecule has 0 bridgehead atoms. The Labute approximate surface area is 113 Å². The van der Waals surface area contributed by atoms with Crippen LogP contribution in [0, 0.1) is 15.9 Å². The van der Waals surface area contributed by atoms with Gasteiger partial charge in [-0.05, 0) is 18.6 Å². The number of anilines is 1. The van der Waals surface area contributed by atoms with Gasteiger partial charge in [-0.3, -0.25) is 10.1 Å². The topological polar surface area (TPSA) is 104 Å². The third-order valence-electron chi connectivity index (χ3n) is 2.62. The SMILES string of the molecule is CCc1c(N)ncnc1Oc1ccc(F)cc1[N+](=O)[O-]. The van der Waals surface area contributed by atoms with E-state index in [1.165, 1.54) is 12.4 Å². The minimum absolute atomic E-state index is 0.107. The van der Waals surface area contributed by atoms with E-state index in [4.69, 9.17) is 10.5 Å². The largest absolute Gasteiger partial charge is 0.431 e. The molecule has 2 aromatic rings. The number of benzene rings is 1. The lowest BCUT2D eigenvalue weighted by Crippen LogP contribution is -2.03. The molecule has 0 amide bonds. The van der Waals surface area contributed by atoms with Crippen molar-refractivity contribution in [2.75, 3.05) is 5.73 Å². The molecular formula is C12H11FN4O3. The summed E-state index contributed by atoms with van der Waals surface area (Å²) >= 11 is 0. The average molecular weight is 278 g/mol. The zero-order chi connectivity index (χ0) is 14.7. The Kier molecular flexibility index (Phi) is 3.74. The fraction of sp³-hybridized carbons (Fsp3) is 0.167. The summed E-state index contributed by atoms with van der Waals surface area (Å²) in [7, 11) is 0. The van der Waals surface area contributed by atoms with E-state index in [0.717, 1.165) is 12.1 Å². The molecule has 0 unspecified atom stereocenters. The van der Waals surface area contributed by atoms with Crippen molar-refractivity contribution in [1.29, 1.82) is 0 Å². The first kappa shape index (κ1) is 13.7. The number of nitrogens with zero attached hydrogens (tertiary/aromatic N) is 3. The molecular weight excluding hydrogens is 267 g/mol. The highest BCUT2D eigenvalue weighted by atomic mass is 19.1. The molecule has 0 aliphatic heterocycles. The predicted molar refractivity (Wildman–Crippen MR) is 69.0 cm³/mol. The lowest BCUT2D eigenvalue weighted by atomic mass is 10.2. The van der Waals surface area contributed by atoms with E-state index in [0.29, 0.717) is 12.0 Å². The Morgan fingerprint density at radius 1 is 1.45 bits per heavy atom. The molecule has 7 nitrogen and oxygen atoms in total. The number of ether oxygens (including phenoxy) is 1. The van der Waals surface area contributed by atoms with Crippen LogP contribution in [0.3, 0.4) is 0 Å². The Bertz CT molecular complexity index is 663. The lowest BCUT2D eigenvalue weighted by Gasteiger charge is -2.10. The van der Waals surface area contributed by atoms with Crippen LogP contribution in [0.1, 0.15) is 12.5 Å². The van der Waals surface area contributed by atoms with Gasteiger partial charge >= 0.3 is 5.69 Å². The van der Waals surface area contributed by atoms with Gasteiger partial charge < -0.3 is 10.5 Å². The summed E-state index contributed by atoms with van der Waals surface area (Å²) in [5.41, 5.74) is 5.73. The number of nitrogens with two attached hydrogens (primary N) is 1. The smallest absolute Gasteiger partial charge is 0.314 e. The number of aromatic nitrogens is 2. The third kappa shape index (κ3) is 2.63. The van der Waals surface area contributed by atoms with Gasteiger partial charge in [0.25, 0.3) is 0 Å². The van der Waals surface area contributed by atoms with Crippen molar-refractivity contribution in [3.63, 3.8) is 0 Å². The molecule has 0 aliphatic rings. The third-order valence-corrected chi connectivity index (χ3v) is 2.62. The van der Waals surface area contributed by atoms with Crippen LogP contribution in [0.5, 0.6) is 11.6 Å². The highest BCUT2D eigenvalue weighted by Gasteiger charge is 2.19. The summed E-state index contributed by atoms with van der Waals surface area (Å²) in [6.07, 6.45) is 1.69. The first-order chi connectivity index (χ1) is 9.52. The molecule has 0 fully saturated rings. The number of hydrogen-bond acceptors (Lipinski definition) is 6. The van der Waals surface area contributed by atoms with Crippen LogP contribution in [-0.2, 0) is 6.42 Å². The molecule has 1 aromatic heterocycles. The number of rotatable bonds is 4.